The molecule has 0 radical (unpaired) electrons. The molecular weight excluding hydrogens is 304 g/mol. The van der Waals surface area contributed by atoms with Gasteiger partial charge in [-0.3, -0.25) is 0 Å². The van der Waals surface area contributed by atoms with E-state index in [1.165, 1.54) is 31.9 Å². The first kappa shape index (κ1) is 14.8. The number of hydrogen-bond donors (Lipinski definition) is 1. The lowest BCUT2D eigenvalue weighted by molar-refractivity contribution is 0.402. The molecule has 0 saturated heterocycles. The Morgan fingerprint density at radius 3 is 2.90 bits per heavy atom. The molecule has 0 aliphatic rings. The van der Waals surface area contributed by atoms with Gasteiger partial charge in [0.15, 0.2) is 6.39 Å². The van der Waals surface area contributed by atoms with E-state index in [0.29, 0.717) is 17.1 Å². The van der Waals surface area contributed by atoms with Gasteiger partial charge in [0.05, 0.1) is 12.8 Å². The van der Waals surface area contributed by atoms with Crippen LogP contribution >= 0.6 is 11.6 Å². The summed E-state index contributed by atoms with van der Waals surface area (Å²) in [7, 11) is -2.30. The molecule has 0 atom stereocenters. The minimum absolute atomic E-state index is 0.00709. The van der Waals surface area contributed by atoms with Crippen molar-refractivity contribution in [3.8, 4) is 5.75 Å². The molecular formula is C12H13ClN2O4S. The van der Waals surface area contributed by atoms with Gasteiger partial charge in [0.1, 0.15) is 16.9 Å². The van der Waals surface area contributed by atoms with E-state index >= 15 is 0 Å². The van der Waals surface area contributed by atoms with Gasteiger partial charge in [-0.25, -0.2) is 18.1 Å². The third kappa shape index (κ3) is 3.50. The van der Waals surface area contributed by atoms with Gasteiger partial charge < -0.3 is 9.15 Å². The normalized spacial score (nSPS) is 11.5. The zero-order valence-corrected chi connectivity index (χ0v) is 12.2. The molecule has 0 aliphatic carbocycles. The van der Waals surface area contributed by atoms with Crippen molar-refractivity contribution in [1.82, 2.24) is 9.71 Å². The zero-order valence-electron chi connectivity index (χ0n) is 10.7. The summed E-state index contributed by atoms with van der Waals surface area (Å²) in [5.74, 6) is 0.239. The average Bonchev–Trinajstić information content (AvgIpc) is 2.91. The number of methoxy groups -OCH3 is 1. The molecule has 0 aliphatic heterocycles. The number of hydrogen-bond acceptors (Lipinski definition) is 5. The van der Waals surface area contributed by atoms with Crippen molar-refractivity contribution in [2.75, 3.05) is 13.7 Å². The second kappa shape index (κ2) is 6.25. The molecule has 0 amide bonds. The SMILES string of the molecule is COc1ccc(Cl)cc1S(=O)(=O)NCCc1cocn1. The highest BCUT2D eigenvalue weighted by Gasteiger charge is 2.19. The van der Waals surface area contributed by atoms with Crippen LogP contribution in [0, 0.1) is 0 Å². The molecule has 2 aromatic rings. The van der Waals surface area contributed by atoms with Gasteiger partial charge in [-0.15, -0.1) is 0 Å². The zero-order chi connectivity index (χ0) is 14.6. The van der Waals surface area contributed by atoms with Gasteiger partial charge in [0, 0.05) is 18.0 Å². The average molecular weight is 317 g/mol. The van der Waals surface area contributed by atoms with Crippen molar-refractivity contribution in [3.63, 3.8) is 0 Å². The van der Waals surface area contributed by atoms with Gasteiger partial charge in [-0.2, -0.15) is 0 Å². The Bertz CT molecular complexity index is 671. The summed E-state index contributed by atoms with van der Waals surface area (Å²) in [6, 6.07) is 4.42. The molecule has 2 rings (SSSR count). The van der Waals surface area contributed by atoms with Crippen molar-refractivity contribution in [2.45, 2.75) is 11.3 Å². The van der Waals surface area contributed by atoms with Gasteiger partial charge >= 0.3 is 0 Å². The molecule has 0 unspecified atom stereocenters. The molecule has 8 heteroatoms. The summed E-state index contributed by atoms with van der Waals surface area (Å²) in [5, 5.41) is 0.322. The maximum absolute atomic E-state index is 12.2. The van der Waals surface area contributed by atoms with Crippen LogP contribution in [0.2, 0.25) is 5.02 Å². The fraction of sp³-hybridized carbons (Fsp3) is 0.250. The predicted octanol–water partition coefficient (Wildman–Crippen LogP) is 1.86. The standard InChI is InChI=1S/C12H13ClN2O4S/c1-18-11-3-2-9(13)6-12(11)20(16,17)15-5-4-10-7-19-8-14-10/h2-3,6-8,15H,4-5H2,1H3. The van der Waals surface area contributed by atoms with Crippen LogP contribution in [0.15, 0.2) is 40.2 Å². The van der Waals surface area contributed by atoms with E-state index in [0.717, 1.165) is 0 Å². The lowest BCUT2D eigenvalue weighted by Crippen LogP contribution is -2.26. The molecule has 1 aromatic heterocycles. The third-order valence-electron chi connectivity index (χ3n) is 2.57. The summed E-state index contributed by atoms with van der Waals surface area (Å²) in [6.07, 6.45) is 3.19. The lowest BCUT2D eigenvalue weighted by Gasteiger charge is -2.10. The number of sulfonamides is 1. The summed E-state index contributed by atoms with van der Waals surface area (Å²) < 4.78 is 36.7. The first-order valence-electron chi connectivity index (χ1n) is 5.73. The molecule has 1 N–H and O–H groups in total. The molecule has 0 bridgehead atoms. The minimum Gasteiger partial charge on any atom is -0.495 e. The van der Waals surface area contributed by atoms with Gasteiger partial charge in [-0.05, 0) is 18.2 Å². The molecule has 6 nitrogen and oxygen atoms in total. The highest BCUT2D eigenvalue weighted by atomic mass is 35.5. The van der Waals surface area contributed by atoms with Crippen LogP contribution in [0.3, 0.4) is 0 Å². The Balaban J connectivity index is 2.11. The molecule has 0 fully saturated rings. The van der Waals surface area contributed by atoms with E-state index in [1.54, 1.807) is 6.07 Å². The second-order valence-electron chi connectivity index (χ2n) is 3.92. The first-order valence-corrected chi connectivity index (χ1v) is 7.59. The Morgan fingerprint density at radius 1 is 1.45 bits per heavy atom. The van der Waals surface area contributed by atoms with E-state index in [4.69, 9.17) is 20.8 Å². The summed E-state index contributed by atoms with van der Waals surface area (Å²) in [4.78, 5) is 3.92. The molecule has 0 saturated carbocycles. The van der Waals surface area contributed by atoms with E-state index in [2.05, 4.69) is 9.71 Å². The summed E-state index contributed by atoms with van der Waals surface area (Å²) in [6.45, 7) is 0.199. The van der Waals surface area contributed by atoms with Crippen molar-refractivity contribution < 1.29 is 17.6 Å². The Labute approximate surface area is 121 Å². The Kier molecular flexibility index (Phi) is 4.64. The first-order chi connectivity index (χ1) is 9.53. The van der Waals surface area contributed by atoms with Crippen LogP contribution in [-0.2, 0) is 16.4 Å². The number of benzene rings is 1. The molecule has 1 heterocycles. The second-order valence-corrected chi connectivity index (χ2v) is 6.09. The summed E-state index contributed by atoms with van der Waals surface area (Å²) in [5.41, 5.74) is 0.672. The number of oxazole rings is 1. The molecule has 1 aromatic carbocycles. The number of rotatable bonds is 6. The van der Waals surface area contributed by atoms with Gasteiger partial charge in [0.25, 0.3) is 0 Å². The highest BCUT2D eigenvalue weighted by molar-refractivity contribution is 7.89. The lowest BCUT2D eigenvalue weighted by atomic mass is 10.3. The van der Waals surface area contributed by atoms with Crippen LogP contribution in [0.25, 0.3) is 0 Å². The topological polar surface area (TPSA) is 81.4 Å². The van der Waals surface area contributed by atoms with Crippen LogP contribution < -0.4 is 9.46 Å². The van der Waals surface area contributed by atoms with Crippen molar-refractivity contribution in [1.29, 1.82) is 0 Å². The smallest absolute Gasteiger partial charge is 0.244 e. The highest BCUT2D eigenvalue weighted by Crippen LogP contribution is 2.26. The maximum atomic E-state index is 12.2. The molecule has 108 valence electrons. The maximum Gasteiger partial charge on any atom is 0.244 e. The monoisotopic (exact) mass is 316 g/mol. The fourth-order valence-corrected chi connectivity index (χ4v) is 3.07. The number of nitrogens with one attached hydrogen (secondary N) is 1. The number of aromatic nitrogens is 1. The Morgan fingerprint density at radius 2 is 2.25 bits per heavy atom. The third-order valence-corrected chi connectivity index (χ3v) is 4.29. The largest absolute Gasteiger partial charge is 0.495 e. The number of halogens is 1. The van der Waals surface area contributed by atoms with Crippen molar-refractivity contribution >= 4 is 21.6 Å². The van der Waals surface area contributed by atoms with Crippen LogP contribution in [-0.4, -0.2) is 27.1 Å². The van der Waals surface area contributed by atoms with E-state index in [9.17, 15) is 8.42 Å². The quantitative estimate of drug-likeness (QED) is 0.879. The van der Waals surface area contributed by atoms with Crippen LogP contribution in [0.4, 0.5) is 0 Å². The Hall–Kier alpha value is -1.57. The number of nitrogens with zero attached hydrogens (tertiary/aromatic N) is 1. The predicted molar refractivity (Wildman–Crippen MR) is 73.4 cm³/mol. The summed E-state index contributed by atoms with van der Waals surface area (Å²) >= 11 is 5.82. The van der Waals surface area contributed by atoms with E-state index in [-0.39, 0.29) is 17.2 Å². The van der Waals surface area contributed by atoms with Gasteiger partial charge in [-0.1, -0.05) is 11.6 Å². The fourth-order valence-electron chi connectivity index (χ4n) is 1.61. The van der Waals surface area contributed by atoms with Crippen molar-refractivity contribution in [3.05, 3.63) is 41.6 Å². The minimum atomic E-state index is -3.70. The van der Waals surface area contributed by atoms with E-state index in [1.807, 2.05) is 0 Å². The van der Waals surface area contributed by atoms with E-state index < -0.39 is 10.0 Å². The molecule has 20 heavy (non-hydrogen) atoms. The van der Waals surface area contributed by atoms with Crippen molar-refractivity contribution in [2.24, 2.45) is 0 Å². The van der Waals surface area contributed by atoms with Gasteiger partial charge in [0.2, 0.25) is 10.0 Å². The number of ether oxygens (including phenoxy) is 1. The van der Waals surface area contributed by atoms with Crippen LogP contribution in [0.1, 0.15) is 5.69 Å². The molecule has 0 spiro atoms. The van der Waals surface area contributed by atoms with Crippen LogP contribution in [0.5, 0.6) is 5.75 Å².